The second-order valence-electron chi connectivity index (χ2n) is 4.32. The lowest BCUT2D eigenvalue weighted by Crippen LogP contribution is -2.10. The summed E-state index contributed by atoms with van der Waals surface area (Å²) in [7, 11) is 0. The van der Waals surface area contributed by atoms with Gasteiger partial charge in [0.2, 0.25) is 0 Å². The fourth-order valence-electron chi connectivity index (χ4n) is 1.84. The Morgan fingerprint density at radius 2 is 2.10 bits per heavy atom. The van der Waals surface area contributed by atoms with Crippen LogP contribution in [0.5, 0.6) is 0 Å². The van der Waals surface area contributed by atoms with E-state index in [0.717, 1.165) is 17.7 Å². The Morgan fingerprint density at radius 1 is 1.35 bits per heavy atom. The highest BCUT2D eigenvalue weighted by atomic mass is 16.6. The van der Waals surface area contributed by atoms with E-state index >= 15 is 0 Å². The van der Waals surface area contributed by atoms with Crippen LogP contribution < -0.4 is 11.3 Å². The third-order valence-electron chi connectivity index (χ3n) is 2.96. The fourth-order valence-corrected chi connectivity index (χ4v) is 1.84. The van der Waals surface area contributed by atoms with Crippen LogP contribution in [0.25, 0.3) is 11.4 Å². The molecule has 0 aliphatic rings. The molecule has 1 heterocycles. The lowest BCUT2D eigenvalue weighted by Gasteiger charge is -2.08. The molecule has 0 aliphatic heterocycles. The molecule has 0 aliphatic carbocycles. The number of nitrogen functional groups attached to an aromatic ring is 1. The van der Waals surface area contributed by atoms with Gasteiger partial charge in [-0.1, -0.05) is 13.0 Å². The van der Waals surface area contributed by atoms with E-state index in [-0.39, 0.29) is 5.69 Å². The van der Waals surface area contributed by atoms with E-state index < -0.39 is 4.92 Å². The highest BCUT2D eigenvalue weighted by Gasteiger charge is 2.13. The van der Waals surface area contributed by atoms with Crippen LogP contribution in [0, 0.1) is 17.0 Å². The van der Waals surface area contributed by atoms with E-state index in [1.807, 2.05) is 13.8 Å². The Kier molecular flexibility index (Phi) is 3.90. The van der Waals surface area contributed by atoms with Crippen LogP contribution in [-0.4, -0.2) is 14.9 Å². The SMILES string of the molecule is CCc1cc(NN)nc(-c2cc([N+](=O)[O-])ccc2C)n1. The number of nitrogens with two attached hydrogens (primary N) is 1. The second-order valence-corrected chi connectivity index (χ2v) is 4.32. The quantitative estimate of drug-likeness (QED) is 0.502. The van der Waals surface area contributed by atoms with Gasteiger partial charge in [-0.2, -0.15) is 0 Å². The maximum atomic E-state index is 10.9. The molecule has 20 heavy (non-hydrogen) atoms. The van der Waals surface area contributed by atoms with E-state index in [1.165, 1.54) is 12.1 Å². The van der Waals surface area contributed by atoms with Crippen molar-refractivity contribution in [2.45, 2.75) is 20.3 Å². The molecule has 0 fully saturated rings. The van der Waals surface area contributed by atoms with Crippen molar-refractivity contribution in [2.75, 3.05) is 5.43 Å². The Hall–Kier alpha value is -2.54. The van der Waals surface area contributed by atoms with Gasteiger partial charge in [0, 0.05) is 29.5 Å². The van der Waals surface area contributed by atoms with Crippen LogP contribution in [0.4, 0.5) is 11.5 Å². The standard InChI is InChI=1S/C13H15N5O2/c1-3-9-6-12(17-14)16-13(15-9)11-7-10(18(19)20)5-4-8(11)2/h4-7H,3,14H2,1-2H3,(H,15,16,17). The summed E-state index contributed by atoms with van der Waals surface area (Å²) in [5, 5.41) is 10.9. The van der Waals surface area contributed by atoms with E-state index in [0.29, 0.717) is 17.2 Å². The second kappa shape index (κ2) is 5.62. The van der Waals surface area contributed by atoms with E-state index in [9.17, 15) is 10.1 Å². The van der Waals surface area contributed by atoms with Crippen LogP contribution in [0.3, 0.4) is 0 Å². The average molecular weight is 273 g/mol. The minimum absolute atomic E-state index is 0.0124. The maximum absolute atomic E-state index is 10.9. The summed E-state index contributed by atoms with van der Waals surface area (Å²) in [4.78, 5) is 19.1. The zero-order chi connectivity index (χ0) is 14.7. The third kappa shape index (κ3) is 2.72. The number of non-ortho nitro benzene ring substituents is 1. The molecule has 0 saturated carbocycles. The first-order valence-electron chi connectivity index (χ1n) is 6.15. The fraction of sp³-hybridized carbons (Fsp3) is 0.231. The number of hydrogen-bond acceptors (Lipinski definition) is 6. The van der Waals surface area contributed by atoms with E-state index in [1.54, 1.807) is 12.1 Å². The van der Waals surface area contributed by atoms with Crippen molar-refractivity contribution in [1.29, 1.82) is 0 Å². The molecule has 7 heteroatoms. The number of benzene rings is 1. The molecule has 2 aromatic rings. The molecular weight excluding hydrogens is 258 g/mol. The number of hydrogen-bond donors (Lipinski definition) is 2. The number of aryl methyl sites for hydroxylation is 2. The Bertz CT molecular complexity index is 635. The first kappa shape index (κ1) is 13.9. The normalized spacial score (nSPS) is 10.3. The van der Waals surface area contributed by atoms with Gasteiger partial charge in [-0.3, -0.25) is 10.1 Å². The first-order chi connectivity index (χ1) is 9.55. The Balaban J connectivity index is 2.60. The van der Waals surface area contributed by atoms with Crippen LogP contribution in [0.15, 0.2) is 24.3 Å². The highest BCUT2D eigenvalue weighted by molar-refractivity contribution is 5.65. The molecule has 0 amide bonds. The van der Waals surface area contributed by atoms with Crippen molar-refractivity contribution in [3.8, 4) is 11.4 Å². The number of anilines is 1. The molecule has 0 spiro atoms. The smallest absolute Gasteiger partial charge is 0.270 e. The summed E-state index contributed by atoms with van der Waals surface area (Å²) < 4.78 is 0. The zero-order valence-corrected chi connectivity index (χ0v) is 11.3. The van der Waals surface area contributed by atoms with Crippen LogP contribution in [-0.2, 0) is 6.42 Å². The monoisotopic (exact) mass is 273 g/mol. The zero-order valence-electron chi connectivity index (χ0n) is 11.3. The van der Waals surface area contributed by atoms with Crippen molar-refractivity contribution >= 4 is 11.5 Å². The Labute approximate surface area is 116 Å². The van der Waals surface area contributed by atoms with Gasteiger partial charge in [0.1, 0.15) is 5.82 Å². The molecule has 0 radical (unpaired) electrons. The largest absolute Gasteiger partial charge is 0.308 e. The van der Waals surface area contributed by atoms with Gasteiger partial charge in [0.15, 0.2) is 5.82 Å². The highest BCUT2D eigenvalue weighted by Crippen LogP contribution is 2.26. The molecule has 7 nitrogen and oxygen atoms in total. The molecule has 1 aromatic carbocycles. The molecule has 0 saturated heterocycles. The summed E-state index contributed by atoms with van der Waals surface area (Å²) in [6.07, 6.45) is 0.720. The number of nitro groups is 1. The number of nitrogens with zero attached hydrogens (tertiary/aromatic N) is 3. The van der Waals surface area contributed by atoms with Gasteiger partial charge >= 0.3 is 0 Å². The Morgan fingerprint density at radius 3 is 2.70 bits per heavy atom. The van der Waals surface area contributed by atoms with Crippen LogP contribution in [0.1, 0.15) is 18.2 Å². The molecule has 2 rings (SSSR count). The molecular formula is C13H15N5O2. The minimum atomic E-state index is -0.436. The van der Waals surface area contributed by atoms with Gasteiger partial charge in [0.25, 0.3) is 5.69 Å². The third-order valence-corrected chi connectivity index (χ3v) is 2.96. The van der Waals surface area contributed by atoms with Crippen LogP contribution >= 0.6 is 0 Å². The maximum Gasteiger partial charge on any atom is 0.270 e. The van der Waals surface area contributed by atoms with Gasteiger partial charge in [-0.15, -0.1) is 0 Å². The van der Waals surface area contributed by atoms with Crippen molar-refractivity contribution < 1.29 is 4.92 Å². The van der Waals surface area contributed by atoms with Crippen molar-refractivity contribution in [2.24, 2.45) is 5.84 Å². The van der Waals surface area contributed by atoms with Gasteiger partial charge in [0.05, 0.1) is 4.92 Å². The minimum Gasteiger partial charge on any atom is -0.308 e. The summed E-state index contributed by atoms with van der Waals surface area (Å²) in [5.74, 6) is 6.30. The average Bonchev–Trinajstić information content (AvgIpc) is 2.46. The van der Waals surface area contributed by atoms with Gasteiger partial charge in [-0.25, -0.2) is 15.8 Å². The molecule has 1 aromatic heterocycles. The summed E-state index contributed by atoms with van der Waals surface area (Å²) in [6, 6.07) is 6.37. The summed E-state index contributed by atoms with van der Waals surface area (Å²) in [5.41, 5.74) is 4.81. The molecule has 3 N–H and O–H groups in total. The van der Waals surface area contributed by atoms with E-state index in [2.05, 4.69) is 15.4 Å². The lowest BCUT2D eigenvalue weighted by molar-refractivity contribution is -0.384. The first-order valence-corrected chi connectivity index (χ1v) is 6.15. The number of hydrazine groups is 1. The molecule has 0 atom stereocenters. The van der Waals surface area contributed by atoms with Crippen molar-refractivity contribution in [1.82, 2.24) is 9.97 Å². The van der Waals surface area contributed by atoms with Crippen LogP contribution in [0.2, 0.25) is 0 Å². The number of nitro benzene ring substituents is 1. The van der Waals surface area contributed by atoms with Gasteiger partial charge < -0.3 is 5.43 Å². The molecule has 104 valence electrons. The summed E-state index contributed by atoms with van der Waals surface area (Å²) in [6.45, 7) is 3.82. The summed E-state index contributed by atoms with van der Waals surface area (Å²) >= 11 is 0. The number of nitrogens with one attached hydrogen (secondary N) is 1. The molecule has 0 bridgehead atoms. The predicted octanol–water partition coefficient (Wildman–Crippen LogP) is 2.21. The predicted molar refractivity (Wildman–Crippen MR) is 76.0 cm³/mol. The number of aromatic nitrogens is 2. The number of rotatable bonds is 4. The van der Waals surface area contributed by atoms with Gasteiger partial charge in [-0.05, 0) is 18.9 Å². The molecule has 0 unspecified atom stereocenters. The van der Waals surface area contributed by atoms with Crippen molar-refractivity contribution in [3.05, 3.63) is 45.6 Å². The topological polar surface area (TPSA) is 107 Å². The van der Waals surface area contributed by atoms with E-state index in [4.69, 9.17) is 5.84 Å². The van der Waals surface area contributed by atoms with Crippen molar-refractivity contribution in [3.63, 3.8) is 0 Å². The lowest BCUT2D eigenvalue weighted by atomic mass is 10.1.